The molecule has 36 heavy (non-hydrogen) atoms. The van der Waals surface area contributed by atoms with E-state index in [2.05, 4.69) is 0 Å². The summed E-state index contributed by atoms with van der Waals surface area (Å²) in [5.74, 6) is -11.8. The number of nitrogens with two attached hydrogens (primary N) is 1. The van der Waals surface area contributed by atoms with Gasteiger partial charge in [-0.25, -0.2) is 0 Å². The lowest BCUT2D eigenvalue weighted by molar-refractivity contribution is -0.181. The number of aliphatic hydroxyl groups is 1. The van der Waals surface area contributed by atoms with Crippen molar-refractivity contribution < 1.29 is 39.0 Å². The number of carbonyl (C=O) groups is 6. The van der Waals surface area contributed by atoms with E-state index >= 15 is 0 Å². The third kappa shape index (κ3) is 3.26. The van der Waals surface area contributed by atoms with Gasteiger partial charge in [0.15, 0.2) is 40.4 Å². The summed E-state index contributed by atoms with van der Waals surface area (Å²) < 4.78 is 0. The third-order valence-electron chi connectivity index (χ3n) is 7.90. The van der Waals surface area contributed by atoms with Crippen LogP contribution in [0.3, 0.4) is 0 Å². The van der Waals surface area contributed by atoms with Gasteiger partial charge in [0.05, 0.1) is 23.1 Å². The minimum atomic E-state index is -2.78. The van der Waals surface area contributed by atoms with Gasteiger partial charge in [-0.2, -0.15) is 0 Å². The molecule has 4 rings (SSSR count). The zero-order valence-corrected chi connectivity index (χ0v) is 20.7. The molecule has 4 N–H and O–H groups in total. The van der Waals surface area contributed by atoms with Crippen LogP contribution in [-0.2, 0) is 25.6 Å². The van der Waals surface area contributed by atoms with Crippen LogP contribution in [0.15, 0.2) is 6.07 Å². The molecule has 11 nitrogen and oxygen atoms in total. The number of hydrogen-bond acceptors (Lipinski definition) is 10. The number of aromatic hydroxyl groups is 1. The fraction of sp³-hybridized carbons (Fsp3) is 0.520. The van der Waals surface area contributed by atoms with Crippen LogP contribution in [0, 0.1) is 23.7 Å². The second kappa shape index (κ2) is 8.31. The van der Waals surface area contributed by atoms with Gasteiger partial charge < -0.3 is 20.8 Å². The van der Waals surface area contributed by atoms with Crippen LogP contribution >= 0.6 is 0 Å². The Morgan fingerprint density at radius 2 is 1.69 bits per heavy atom. The van der Waals surface area contributed by atoms with E-state index in [0.29, 0.717) is 11.3 Å². The van der Waals surface area contributed by atoms with Crippen LogP contribution in [-0.4, -0.2) is 89.8 Å². The van der Waals surface area contributed by atoms with E-state index in [9.17, 15) is 39.0 Å². The van der Waals surface area contributed by atoms with Crippen molar-refractivity contribution in [2.75, 3.05) is 33.1 Å². The molecule has 2 fully saturated rings. The first-order chi connectivity index (χ1) is 16.7. The number of benzene rings is 1. The van der Waals surface area contributed by atoms with Gasteiger partial charge in [0.25, 0.3) is 0 Å². The van der Waals surface area contributed by atoms with Crippen molar-refractivity contribution in [3.05, 3.63) is 22.8 Å². The molecule has 0 aliphatic heterocycles. The van der Waals surface area contributed by atoms with Crippen molar-refractivity contribution in [3.8, 4) is 5.75 Å². The highest BCUT2D eigenvalue weighted by Crippen LogP contribution is 2.52. The topological polar surface area (TPSA) is 175 Å². The van der Waals surface area contributed by atoms with Crippen LogP contribution in [0.4, 0.5) is 5.69 Å². The summed E-state index contributed by atoms with van der Waals surface area (Å²) in [6.45, 7) is 1.24. The molecule has 11 heteroatoms. The van der Waals surface area contributed by atoms with Gasteiger partial charge in [0.2, 0.25) is 5.91 Å². The minimum Gasteiger partial charge on any atom is -0.506 e. The van der Waals surface area contributed by atoms with Gasteiger partial charge >= 0.3 is 0 Å². The maximum atomic E-state index is 13.8. The zero-order chi connectivity index (χ0) is 27.0. The van der Waals surface area contributed by atoms with E-state index in [1.807, 2.05) is 0 Å². The number of rotatable bonds is 4. The van der Waals surface area contributed by atoms with Crippen LogP contribution < -0.4 is 10.6 Å². The lowest BCUT2D eigenvalue weighted by Crippen LogP contribution is -2.74. The highest BCUT2D eigenvalue weighted by Gasteiger charge is 2.69. The van der Waals surface area contributed by atoms with Gasteiger partial charge in [0.1, 0.15) is 5.75 Å². The fourth-order valence-electron chi connectivity index (χ4n) is 6.32. The number of carbonyl (C=O) groups excluding carboxylic acids is 6. The van der Waals surface area contributed by atoms with Crippen molar-refractivity contribution in [3.63, 3.8) is 0 Å². The van der Waals surface area contributed by atoms with Crippen LogP contribution in [0.25, 0.3) is 0 Å². The summed E-state index contributed by atoms with van der Waals surface area (Å²) in [5, 5.41) is 22.4. The molecule has 0 bridgehead atoms. The third-order valence-corrected chi connectivity index (χ3v) is 7.90. The minimum absolute atomic E-state index is 0.0357. The molecule has 192 valence electrons. The predicted octanol–water partition coefficient (Wildman–Crippen LogP) is -0.864. The Labute approximate surface area is 207 Å². The number of phenols is 1. The summed E-state index contributed by atoms with van der Waals surface area (Å²) in [6, 6.07) is 0.326. The van der Waals surface area contributed by atoms with E-state index in [1.165, 1.54) is 32.0 Å². The molecule has 0 saturated heterocycles. The highest BCUT2D eigenvalue weighted by molar-refractivity contribution is 6.32. The monoisotopic (exact) mass is 499 g/mol. The Balaban J connectivity index is 1.93. The second-order valence-corrected chi connectivity index (χ2v) is 10.4. The Morgan fingerprint density at radius 3 is 2.19 bits per heavy atom. The molecule has 2 unspecified atom stereocenters. The molecule has 0 aromatic heterocycles. The summed E-state index contributed by atoms with van der Waals surface area (Å²) >= 11 is 0. The highest BCUT2D eigenvalue weighted by atomic mass is 16.3. The Bertz CT molecular complexity index is 1250. The number of anilines is 1. The number of Topliss-reactive ketones (excluding diaryl/α,β-unsaturated/α-hetero) is 5. The van der Waals surface area contributed by atoms with Gasteiger partial charge in [-0.05, 0) is 51.4 Å². The summed E-state index contributed by atoms with van der Waals surface area (Å²) in [6.07, 6.45) is 0.0943. The van der Waals surface area contributed by atoms with Gasteiger partial charge in [-0.3, -0.25) is 33.7 Å². The number of nitrogens with zero attached hydrogens (tertiary/aromatic N) is 2. The van der Waals surface area contributed by atoms with E-state index in [-0.39, 0.29) is 24.0 Å². The Hall–Kier alpha value is -3.44. The Kier molecular flexibility index (Phi) is 5.92. The molecule has 0 radical (unpaired) electrons. The molecule has 1 aromatic carbocycles. The molecule has 6 atom stereocenters. The van der Waals surface area contributed by atoms with Crippen molar-refractivity contribution in [2.24, 2.45) is 29.4 Å². The number of amides is 1. The number of likely N-dealkylation sites (N-methyl/N-ethyl adjacent to an activating group) is 1. The largest absolute Gasteiger partial charge is 0.506 e. The Morgan fingerprint density at radius 1 is 1.08 bits per heavy atom. The number of ketones is 5. The van der Waals surface area contributed by atoms with E-state index < -0.39 is 75.9 Å². The summed E-state index contributed by atoms with van der Waals surface area (Å²) in [4.78, 5) is 81.3. The van der Waals surface area contributed by atoms with Crippen molar-refractivity contribution in [1.82, 2.24) is 4.90 Å². The molecule has 1 aromatic rings. The van der Waals surface area contributed by atoms with Crippen molar-refractivity contribution >= 4 is 40.5 Å². The average molecular weight is 500 g/mol. The summed E-state index contributed by atoms with van der Waals surface area (Å²) in [5.41, 5.74) is 3.20. The lowest BCUT2D eigenvalue weighted by atomic mass is 9.52. The maximum absolute atomic E-state index is 13.8. The normalized spacial score (nSPS) is 31.6. The first-order valence-corrected chi connectivity index (χ1v) is 11.6. The van der Waals surface area contributed by atoms with Gasteiger partial charge in [-0.15, -0.1) is 0 Å². The maximum Gasteiger partial charge on any atom is 0.235 e. The number of primary amides is 1. The van der Waals surface area contributed by atoms with E-state index in [4.69, 9.17) is 5.73 Å². The summed E-state index contributed by atoms with van der Waals surface area (Å²) in [7, 11) is 6.48. The molecule has 0 heterocycles. The van der Waals surface area contributed by atoms with Gasteiger partial charge in [-0.1, -0.05) is 0 Å². The molecule has 1 amide bonds. The standard InChI is InChI=1S/C25H29N3O8/c1-9(29)11-8-14(27(2)3)12-6-10-7-13-18(28(4)5)21(32)17(24(26)35)23(34)25(13,36)22(33)15(10)20(31)16(12)19(11)30/h8,10,13,15,17-18,30,36H,6-7H2,1-5H3,(H2,26,35)/t10-,13-,15?,17?,18+,25-/m0/s1. The first kappa shape index (κ1) is 25.6. The molecule has 3 aliphatic rings. The number of fused-ring (bicyclic) bond motifs is 3. The second-order valence-electron chi connectivity index (χ2n) is 10.4. The molecule has 3 aliphatic carbocycles. The SMILES string of the molecule is CC(=O)c1cc(N(C)C)c2c(c1O)C(=O)C1C(=O)[C@]3(O)C(=O)C(C(N)=O)C(=O)[C@H](N(C)C)[C@@H]3C[C@@H]1C2. The van der Waals surface area contributed by atoms with E-state index in [1.54, 1.807) is 19.0 Å². The van der Waals surface area contributed by atoms with Crippen molar-refractivity contribution in [1.29, 1.82) is 0 Å². The predicted molar refractivity (Wildman–Crippen MR) is 126 cm³/mol. The van der Waals surface area contributed by atoms with Crippen molar-refractivity contribution in [2.45, 2.75) is 31.4 Å². The fourth-order valence-corrected chi connectivity index (χ4v) is 6.32. The van der Waals surface area contributed by atoms with E-state index in [0.717, 1.165) is 0 Å². The quantitative estimate of drug-likeness (QED) is 0.349. The number of phenolic OH excluding ortho intramolecular Hbond substituents is 1. The zero-order valence-electron chi connectivity index (χ0n) is 20.7. The molecule has 2 saturated carbocycles. The molecular formula is C25H29N3O8. The number of hydrogen-bond donors (Lipinski definition) is 3. The molecular weight excluding hydrogens is 470 g/mol. The lowest BCUT2D eigenvalue weighted by Gasteiger charge is -2.52. The first-order valence-electron chi connectivity index (χ1n) is 11.6. The average Bonchev–Trinajstić information content (AvgIpc) is 2.75. The smallest absolute Gasteiger partial charge is 0.235 e. The van der Waals surface area contributed by atoms with Crippen LogP contribution in [0.5, 0.6) is 5.75 Å². The van der Waals surface area contributed by atoms with Crippen LogP contribution in [0.2, 0.25) is 0 Å². The van der Waals surface area contributed by atoms with Gasteiger partial charge in [0, 0.05) is 25.7 Å². The molecule has 0 spiro atoms. The van der Waals surface area contributed by atoms with Crippen LogP contribution in [0.1, 0.15) is 39.6 Å².